The zero-order valence-electron chi connectivity index (χ0n) is 13.2. The molecule has 0 saturated heterocycles. The Hall–Kier alpha value is -3.20. The summed E-state index contributed by atoms with van der Waals surface area (Å²) < 4.78 is 5.36. The molecule has 1 aliphatic heterocycles. The first kappa shape index (κ1) is 14.4. The molecule has 0 saturated carbocycles. The number of cyclic esters (lactones) is 1. The minimum Gasteiger partial charge on any atom is -0.402 e. The first-order chi connectivity index (χ1) is 11.7. The molecule has 1 heterocycles. The Morgan fingerprint density at radius 1 is 0.917 bits per heavy atom. The van der Waals surface area contributed by atoms with Crippen LogP contribution in [0.25, 0.3) is 16.8 Å². The molecule has 0 atom stereocenters. The van der Waals surface area contributed by atoms with E-state index in [4.69, 9.17) is 4.74 Å². The number of aryl methyl sites for hydroxylation is 1. The summed E-state index contributed by atoms with van der Waals surface area (Å²) in [4.78, 5) is 16.5. The van der Waals surface area contributed by atoms with Crippen molar-refractivity contribution >= 4 is 28.7 Å². The van der Waals surface area contributed by atoms with Crippen LogP contribution in [-0.4, -0.2) is 11.9 Å². The molecule has 0 aliphatic carbocycles. The van der Waals surface area contributed by atoms with Gasteiger partial charge in [-0.15, -0.1) is 0 Å². The van der Waals surface area contributed by atoms with Gasteiger partial charge in [0, 0.05) is 5.56 Å². The number of ether oxygens (including phenoxy) is 1. The molecule has 0 aromatic heterocycles. The molecular weight excluding hydrogens is 298 g/mol. The van der Waals surface area contributed by atoms with Gasteiger partial charge in [0.25, 0.3) is 0 Å². The van der Waals surface area contributed by atoms with E-state index in [9.17, 15) is 4.79 Å². The van der Waals surface area contributed by atoms with Crippen LogP contribution in [0.15, 0.2) is 77.4 Å². The fourth-order valence-electron chi connectivity index (χ4n) is 2.75. The molecule has 4 rings (SSSR count). The van der Waals surface area contributed by atoms with Crippen LogP contribution in [0.2, 0.25) is 0 Å². The largest absolute Gasteiger partial charge is 0.402 e. The number of carbonyl (C=O) groups is 1. The number of hydrogen-bond acceptors (Lipinski definition) is 3. The Morgan fingerprint density at radius 3 is 2.50 bits per heavy atom. The predicted octanol–water partition coefficient (Wildman–Crippen LogP) is 4.49. The molecule has 3 heteroatoms. The highest BCUT2D eigenvalue weighted by atomic mass is 16.6. The van der Waals surface area contributed by atoms with Crippen molar-refractivity contribution in [2.75, 3.05) is 0 Å². The van der Waals surface area contributed by atoms with Crippen molar-refractivity contribution in [1.82, 2.24) is 0 Å². The highest BCUT2D eigenvalue weighted by Gasteiger charge is 2.24. The van der Waals surface area contributed by atoms with Crippen LogP contribution in [0.4, 0.5) is 0 Å². The lowest BCUT2D eigenvalue weighted by molar-refractivity contribution is -0.129. The van der Waals surface area contributed by atoms with Gasteiger partial charge in [-0.1, -0.05) is 54.6 Å². The number of rotatable bonds is 2. The second-order valence-electron chi connectivity index (χ2n) is 5.75. The predicted molar refractivity (Wildman–Crippen MR) is 95.7 cm³/mol. The molecule has 0 bridgehead atoms. The number of hydrogen-bond donors (Lipinski definition) is 0. The molecule has 0 N–H and O–H groups in total. The molecule has 3 aromatic carbocycles. The summed E-state index contributed by atoms with van der Waals surface area (Å²) in [6.45, 7) is 2.00. The second kappa shape index (κ2) is 5.78. The third kappa shape index (κ3) is 2.61. The van der Waals surface area contributed by atoms with E-state index < -0.39 is 5.97 Å². The van der Waals surface area contributed by atoms with Gasteiger partial charge in [-0.05, 0) is 47.0 Å². The molecule has 0 radical (unpaired) electrons. The van der Waals surface area contributed by atoms with Crippen LogP contribution >= 0.6 is 0 Å². The van der Waals surface area contributed by atoms with Crippen LogP contribution in [-0.2, 0) is 9.53 Å². The van der Waals surface area contributed by atoms with Crippen LogP contribution in [0, 0.1) is 6.92 Å². The fraction of sp³-hybridized carbons (Fsp3) is 0.0476. The third-order valence-electron chi connectivity index (χ3n) is 4.10. The Morgan fingerprint density at radius 2 is 1.67 bits per heavy atom. The maximum Gasteiger partial charge on any atom is 0.363 e. The van der Waals surface area contributed by atoms with Gasteiger partial charge in [0.1, 0.15) is 0 Å². The summed E-state index contributed by atoms with van der Waals surface area (Å²) in [7, 11) is 0. The van der Waals surface area contributed by atoms with E-state index in [1.165, 1.54) is 0 Å². The molecule has 1 aliphatic rings. The van der Waals surface area contributed by atoms with Crippen molar-refractivity contribution in [1.29, 1.82) is 0 Å². The first-order valence-corrected chi connectivity index (χ1v) is 7.78. The van der Waals surface area contributed by atoms with Gasteiger partial charge in [-0.3, -0.25) is 0 Å². The Balaban J connectivity index is 1.74. The van der Waals surface area contributed by atoms with Gasteiger partial charge < -0.3 is 4.74 Å². The minimum absolute atomic E-state index is 0.326. The maximum atomic E-state index is 12.1. The molecule has 3 nitrogen and oxygen atoms in total. The smallest absolute Gasteiger partial charge is 0.363 e. The van der Waals surface area contributed by atoms with Crippen molar-refractivity contribution in [3.63, 3.8) is 0 Å². The highest BCUT2D eigenvalue weighted by Crippen LogP contribution is 2.23. The van der Waals surface area contributed by atoms with Gasteiger partial charge in [0.15, 0.2) is 5.70 Å². The molecule has 0 fully saturated rings. The lowest BCUT2D eigenvalue weighted by atomic mass is 10.1. The zero-order valence-corrected chi connectivity index (χ0v) is 13.2. The van der Waals surface area contributed by atoms with Crippen LogP contribution in [0.1, 0.15) is 16.7 Å². The summed E-state index contributed by atoms with van der Waals surface area (Å²) in [6.07, 6.45) is 1.77. The molecule has 24 heavy (non-hydrogen) atoms. The molecule has 0 unspecified atom stereocenters. The lowest BCUT2D eigenvalue weighted by Gasteiger charge is -2.02. The number of esters is 1. The lowest BCUT2D eigenvalue weighted by Crippen LogP contribution is -2.05. The second-order valence-corrected chi connectivity index (χ2v) is 5.75. The van der Waals surface area contributed by atoms with Crippen molar-refractivity contribution in [2.45, 2.75) is 6.92 Å². The van der Waals surface area contributed by atoms with E-state index in [-0.39, 0.29) is 0 Å². The van der Waals surface area contributed by atoms with E-state index >= 15 is 0 Å². The fourth-order valence-corrected chi connectivity index (χ4v) is 2.75. The van der Waals surface area contributed by atoms with Crippen molar-refractivity contribution in [3.8, 4) is 0 Å². The Labute approximate surface area is 139 Å². The van der Waals surface area contributed by atoms with E-state index in [0.29, 0.717) is 11.6 Å². The van der Waals surface area contributed by atoms with Gasteiger partial charge in [0.2, 0.25) is 5.90 Å². The minimum atomic E-state index is -0.415. The first-order valence-electron chi connectivity index (χ1n) is 7.78. The van der Waals surface area contributed by atoms with Crippen LogP contribution < -0.4 is 0 Å². The summed E-state index contributed by atoms with van der Waals surface area (Å²) in [5, 5.41) is 2.23. The van der Waals surface area contributed by atoms with Crippen LogP contribution in [0.5, 0.6) is 0 Å². The highest BCUT2D eigenvalue weighted by molar-refractivity contribution is 6.13. The molecular formula is C21H15NO2. The number of fused-ring (bicyclic) bond motifs is 1. The summed E-state index contributed by atoms with van der Waals surface area (Å²) in [5.74, 6) is -0.0630. The average Bonchev–Trinajstić information content (AvgIpc) is 2.97. The summed E-state index contributed by atoms with van der Waals surface area (Å²) >= 11 is 0. The molecule has 116 valence electrons. The average molecular weight is 313 g/mol. The maximum absolute atomic E-state index is 12.1. The standard InChI is InChI=1S/C21H15NO2/c1-14-6-2-3-8-16(14)13-19-21(23)24-20(22-19)18-11-10-15-7-4-5-9-17(15)12-18/h2-13H,1H3/b19-13-. The number of carbonyl (C=O) groups excluding carboxylic acids is 1. The molecule has 0 spiro atoms. The van der Waals surface area contributed by atoms with E-state index in [0.717, 1.165) is 27.5 Å². The quantitative estimate of drug-likeness (QED) is 0.516. The van der Waals surface area contributed by atoms with Gasteiger partial charge in [-0.25, -0.2) is 9.79 Å². The monoisotopic (exact) mass is 313 g/mol. The van der Waals surface area contributed by atoms with Crippen LogP contribution in [0.3, 0.4) is 0 Å². The third-order valence-corrected chi connectivity index (χ3v) is 4.10. The van der Waals surface area contributed by atoms with Gasteiger partial charge in [0.05, 0.1) is 0 Å². The van der Waals surface area contributed by atoms with Crippen molar-refractivity contribution in [2.24, 2.45) is 4.99 Å². The van der Waals surface area contributed by atoms with E-state index in [1.807, 2.05) is 73.7 Å². The van der Waals surface area contributed by atoms with E-state index in [1.54, 1.807) is 6.08 Å². The Kier molecular flexibility index (Phi) is 3.47. The molecule has 0 amide bonds. The summed E-state index contributed by atoms with van der Waals surface area (Å²) in [6, 6.07) is 21.8. The number of aliphatic imine (C=N–C) groups is 1. The van der Waals surface area contributed by atoms with Gasteiger partial charge in [-0.2, -0.15) is 0 Å². The Bertz CT molecular complexity index is 1020. The van der Waals surface area contributed by atoms with E-state index in [2.05, 4.69) is 4.99 Å². The van der Waals surface area contributed by atoms with Crippen molar-refractivity contribution in [3.05, 3.63) is 89.1 Å². The normalized spacial score (nSPS) is 15.6. The summed E-state index contributed by atoms with van der Waals surface area (Å²) in [5.41, 5.74) is 3.18. The van der Waals surface area contributed by atoms with Gasteiger partial charge >= 0.3 is 5.97 Å². The zero-order chi connectivity index (χ0) is 16.5. The van der Waals surface area contributed by atoms with Crippen molar-refractivity contribution < 1.29 is 9.53 Å². The SMILES string of the molecule is Cc1ccccc1/C=C1\N=C(c2ccc3ccccc3c2)OC1=O. The topological polar surface area (TPSA) is 38.7 Å². The number of nitrogens with zero attached hydrogens (tertiary/aromatic N) is 1. The molecule has 3 aromatic rings. The number of benzene rings is 3.